The molecule has 1 N–H and O–H groups in total. The maximum atomic E-state index is 13.2. The summed E-state index contributed by atoms with van der Waals surface area (Å²) in [6.07, 6.45) is 7.74. The van der Waals surface area contributed by atoms with Crippen LogP contribution in [0.1, 0.15) is 38.2 Å². The second-order valence-corrected chi connectivity index (χ2v) is 11.5. The summed E-state index contributed by atoms with van der Waals surface area (Å²) in [5, 5.41) is 10.1. The molecule has 37 heavy (non-hydrogen) atoms. The van der Waals surface area contributed by atoms with Crippen LogP contribution in [0, 0.1) is 11.8 Å². The summed E-state index contributed by atoms with van der Waals surface area (Å²) in [4.78, 5) is 22.6. The van der Waals surface area contributed by atoms with Crippen molar-refractivity contribution in [3.05, 3.63) is 47.4 Å². The first-order valence-electron chi connectivity index (χ1n) is 13.3. The number of carbonyl (C=O) groups is 1. The topological polar surface area (TPSA) is 75.5 Å². The summed E-state index contributed by atoms with van der Waals surface area (Å²) < 4.78 is 7.47. The van der Waals surface area contributed by atoms with E-state index in [0.29, 0.717) is 11.7 Å². The fraction of sp³-hybridized carbons (Fsp3) is 0.536. The first-order chi connectivity index (χ1) is 17.9. The van der Waals surface area contributed by atoms with Crippen LogP contribution < -0.4 is 10.2 Å². The Morgan fingerprint density at radius 2 is 2.00 bits per heavy atom. The van der Waals surface area contributed by atoms with Gasteiger partial charge in [-0.2, -0.15) is 5.10 Å². The van der Waals surface area contributed by atoms with Crippen LogP contribution in [-0.2, 0) is 16.6 Å². The number of nitrogens with one attached hydrogen (secondary N) is 1. The molecule has 8 nitrogen and oxygen atoms in total. The molecule has 1 amide bonds. The molecule has 0 spiro atoms. The molecule has 196 valence electrons. The van der Waals surface area contributed by atoms with Crippen LogP contribution in [0.5, 0.6) is 0 Å². The Bertz CT molecular complexity index is 1310. The Balaban J connectivity index is 1.16. The number of pyridine rings is 1. The van der Waals surface area contributed by atoms with Crippen molar-refractivity contribution in [1.29, 1.82) is 0 Å². The molecule has 0 radical (unpaired) electrons. The van der Waals surface area contributed by atoms with Gasteiger partial charge in [-0.15, -0.1) is 0 Å². The summed E-state index contributed by atoms with van der Waals surface area (Å²) >= 11 is 6.73. The number of rotatable bonds is 6. The van der Waals surface area contributed by atoms with Crippen molar-refractivity contribution in [2.75, 3.05) is 49.6 Å². The van der Waals surface area contributed by atoms with Gasteiger partial charge in [0.05, 0.1) is 23.5 Å². The van der Waals surface area contributed by atoms with Gasteiger partial charge >= 0.3 is 0 Å². The summed E-state index contributed by atoms with van der Waals surface area (Å²) in [6, 6.07) is 6.08. The van der Waals surface area contributed by atoms with E-state index in [-0.39, 0.29) is 23.3 Å². The Morgan fingerprint density at radius 3 is 2.68 bits per heavy atom. The third-order valence-electron chi connectivity index (χ3n) is 8.67. The van der Waals surface area contributed by atoms with E-state index in [2.05, 4.69) is 45.1 Å². The standard InChI is InChI=1S/C28H35ClN6O2/c1-4-21-25(20-15-31-33(3)16-20)26(21)27(36)32-24-13-18-12-23(22(29)11-19(18)14-30-24)34-6-8-35(9-7-34)28(2)5-10-37-17-28/h11-16,21,25-26H,4-10,17H2,1-3H3,(H,30,32,36). The minimum atomic E-state index is -0.0455. The lowest BCUT2D eigenvalue weighted by molar-refractivity contribution is -0.117. The van der Waals surface area contributed by atoms with E-state index in [1.165, 1.54) is 0 Å². The number of hydrogen-bond donors (Lipinski definition) is 1. The van der Waals surface area contributed by atoms with Crippen LogP contribution in [0.25, 0.3) is 10.8 Å². The van der Waals surface area contributed by atoms with Gasteiger partial charge in [0.25, 0.3) is 0 Å². The van der Waals surface area contributed by atoms with Gasteiger partial charge in [-0.25, -0.2) is 4.98 Å². The number of anilines is 2. The predicted molar refractivity (Wildman–Crippen MR) is 146 cm³/mol. The van der Waals surface area contributed by atoms with E-state index in [0.717, 1.165) is 79.3 Å². The zero-order valence-corrected chi connectivity index (χ0v) is 22.5. The molecule has 4 unspecified atom stereocenters. The number of amides is 1. The minimum Gasteiger partial charge on any atom is -0.379 e. The number of fused-ring (bicyclic) bond motifs is 1. The number of ether oxygens (including phenoxy) is 1. The smallest absolute Gasteiger partial charge is 0.229 e. The summed E-state index contributed by atoms with van der Waals surface area (Å²) in [7, 11) is 1.91. The molecule has 9 heteroatoms. The molecule has 0 bridgehead atoms. The highest BCUT2D eigenvalue weighted by atomic mass is 35.5. The summed E-state index contributed by atoms with van der Waals surface area (Å²) in [6.45, 7) is 9.94. The van der Waals surface area contributed by atoms with Crippen LogP contribution in [0.3, 0.4) is 0 Å². The number of carbonyl (C=O) groups excluding carboxylic acids is 1. The van der Waals surface area contributed by atoms with Crippen LogP contribution in [0.15, 0.2) is 36.8 Å². The van der Waals surface area contributed by atoms with Crippen molar-refractivity contribution in [3.63, 3.8) is 0 Å². The van der Waals surface area contributed by atoms with Gasteiger partial charge in [-0.3, -0.25) is 14.4 Å². The Morgan fingerprint density at radius 1 is 1.19 bits per heavy atom. The van der Waals surface area contributed by atoms with E-state index in [9.17, 15) is 4.79 Å². The first kappa shape index (κ1) is 24.6. The van der Waals surface area contributed by atoms with Gasteiger partial charge in [0.1, 0.15) is 5.82 Å². The van der Waals surface area contributed by atoms with Crippen molar-refractivity contribution in [3.8, 4) is 0 Å². The molecule has 3 aliphatic rings. The van der Waals surface area contributed by atoms with Crippen LogP contribution in [-0.4, -0.2) is 70.5 Å². The maximum absolute atomic E-state index is 13.2. The van der Waals surface area contributed by atoms with Crippen LogP contribution in [0.2, 0.25) is 5.02 Å². The Hall–Kier alpha value is -2.68. The molecule has 1 aromatic carbocycles. The monoisotopic (exact) mass is 522 g/mol. The number of benzene rings is 1. The average Bonchev–Trinajstić information content (AvgIpc) is 3.18. The van der Waals surface area contributed by atoms with E-state index >= 15 is 0 Å². The highest BCUT2D eigenvalue weighted by molar-refractivity contribution is 6.34. The second-order valence-electron chi connectivity index (χ2n) is 11.1. The number of hydrogen-bond acceptors (Lipinski definition) is 6. The highest BCUT2D eigenvalue weighted by Crippen LogP contribution is 2.56. The largest absolute Gasteiger partial charge is 0.379 e. The summed E-state index contributed by atoms with van der Waals surface area (Å²) in [5.74, 6) is 1.13. The molecule has 2 aliphatic heterocycles. The third-order valence-corrected chi connectivity index (χ3v) is 8.98. The number of aryl methyl sites for hydroxylation is 1. The van der Waals surface area contributed by atoms with E-state index in [1.54, 1.807) is 10.9 Å². The molecular formula is C28H35ClN6O2. The van der Waals surface area contributed by atoms with E-state index in [4.69, 9.17) is 16.3 Å². The normalized spacial score (nSPS) is 28.1. The lowest BCUT2D eigenvalue weighted by Gasteiger charge is -2.44. The van der Waals surface area contributed by atoms with Gasteiger partial charge in [0.2, 0.25) is 5.91 Å². The number of nitrogens with zero attached hydrogens (tertiary/aromatic N) is 5. The van der Waals surface area contributed by atoms with Crippen molar-refractivity contribution >= 4 is 39.8 Å². The molecule has 6 rings (SSSR count). The number of halogens is 1. The molecule has 2 aromatic heterocycles. The quantitative estimate of drug-likeness (QED) is 0.520. The highest BCUT2D eigenvalue weighted by Gasteiger charge is 2.54. The van der Waals surface area contributed by atoms with Gasteiger partial charge in [-0.05, 0) is 48.4 Å². The molecule has 1 saturated carbocycles. The number of aromatic nitrogens is 3. The zero-order valence-electron chi connectivity index (χ0n) is 21.8. The molecular weight excluding hydrogens is 488 g/mol. The molecule has 2 saturated heterocycles. The SMILES string of the molecule is CCC1C(C(=O)Nc2cc3cc(N4CCN(C5(C)CCOC5)CC4)c(Cl)cc3cn2)C1c1cnn(C)c1. The minimum absolute atomic E-state index is 0.0299. The average molecular weight is 523 g/mol. The van der Waals surface area contributed by atoms with Crippen LogP contribution >= 0.6 is 11.6 Å². The van der Waals surface area contributed by atoms with Crippen molar-refractivity contribution in [2.45, 2.75) is 38.1 Å². The van der Waals surface area contributed by atoms with E-state index < -0.39 is 0 Å². The fourth-order valence-electron chi connectivity index (χ4n) is 6.37. The first-order valence-corrected chi connectivity index (χ1v) is 13.7. The van der Waals surface area contributed by atoms with Crippen LogP contribution in [0.4, 0.5) is 11.5 Å². The lowest BCUT2D eigenvalue weighted by atomic mass is 9.98. The third kappa shape index (κ3) is 4.60. The van der Waals surface area contributed by atoms with Crippen molar-refractivity contribution in [1.82, 2.24) is 19.7 Å². The Labute approximate surface area is 222 Å². The molecule has 3 aromatic rings. The molecule has 3 fully saturated rings. The fourth-order valence-corrected chi connectivity index (χ4v) is 6.66. The Kier molecular flexibility index (Phi) is 6.37. The van der Waals surface area contributed by atoms with Crippen molar-refractivity contribution in [2.24, 2.45) is 18.9 Å². The summed E-state index contributed by atoms with van der Waals surface area (Å²) in [5.41, 5.74) is 2.32. The van der Waals surface area contributed by atoms with E-state index in [1.807, 2.05) is 31.6 Å². The van der Waals surface area contributed by atoms with Crippen molar-refractivity contribution < 1.29 is 9.53 Å². The maximum Gasteiger partial charge on any atom is 0.229 e. The molecule has 4 atom stereocenters. The van der Waals surface area contributed by atoms with Gasteiger partial charge in [-0.1, -0.05) is 24.9 Å². The number of piperazine rings is 1. The molecule has 4 heterocycles. The van der Waals surface area contributed by atoms with Gasteiger partial charge in [0, 0.05) is 75.0 Å². The van der Waals surface area contributed by atoms with Gasteiger partial charge < -0.3 is 15.0 Å². The zero-order chi connectivity index (χ0) is 25.7. The molecule has 1 aliphatic carbocycles. The predicted octanol–water partition coefficient (Wildman–Crippen LogP) is 4.30. The van der Waals surface area contributed by atoms with Gasteiger partial charge in [0.15, 0.2) is 0 Å². The second kappa shape index (κ2) is 9.57. The lowest BCUT2D eigenvalue weighted by Crippen LogP contribution is -2.56.